The van der Waals surface area contributed by atoms with Crippen LogP contribution in [0.4, 0.5) is 5.95 Å². The number of rotatable bonds is 4. The maximum atomic E-state index is 12.0. The number of hydrogen-bond donors (Lipinski definition) is 1. The van der Waals surface area contributed by atoms with Crippen LogP contribution in [0.5, 0.6) is 0 Å². The van der Waals surface area contributed by atoms with E-state index in [9.17, 15) is 4.79 Å². The molecule has 0 bridgehead atoms. The summed E-state index contributed by atoms with van der Waals surface area (Å²) in [6, 6.07) is 1.80. The molecule has 98 valence electrons. The maximum Gasteiger partial charge on any atom is 0.225 e. The molecule has 1 saturated heterocycles. The number of amides is 1. The zero-order valence-corrected chi connectivity index (χ0v) is 10.8. The Labute approximate surface area is 108 Å². The number of anilines is 1. The number of aromatic nitrogens is 2. The van der Waals surface area contributed by atoms with Crippen molar-refractivity contribution < 1.29 is 4.79 Å². The Morgan fingerprint density at radius 2 is 2.28 bits per heavy atom. The van der Waals surface area contributed by atoms with Crippen LogP contribution in [0.2, 0.25) is 0 Å². The molecular formula is C13H20N4O. The SMILES string of the molecule is CCCNC(=O)C1CCCN(c2ncccn2)C1. The van der Waals surface area contributed by atoms with Gasteiger partial charge in [0.05, 0.1) is 5.92 Å². The maximum absolute atomic E-state index is 12.0. The van der Waals surface area contributed by atoms with E-state index < -0.39 is 0 Å². The van der Waals surface area contributed by atoms with Crippen molar-refractivity contribution in [1.82, 2.24) is 15.3 Å². The summed E-state index contributed by atoms with van der Waals surface area (Å²) in [5.41, 5.74) is 0. The van der Waals surface area contributed by atoms with Gasteiger partial charge in [-0.25, -0.2) is 9.97 Å². The lowest BCUT2D eigenvalue weighted by molar-refractivity contribution is -0.125. The molecule has 1 unspecified atom stereocenters. The second kappa shape index (κ2) is 6.33. The first-order valence-electron chi connectivity index (χ1n) is 6.61. The lowest BCUT2D eigenvalue weighted by Gasteiger charge is -2.31. The predicted molar refractivity (Wildman–Crippen MR) is 70.3 cm³/mol. The number of nitrogens with one attached hydrogen (secondary N) is 1. The van der Waals surface area contributed by atoms with Gasteiger partial charge < -0.3 is 10.2 Å². The molecule has 5 nitrogen and oxygen atoms in total. The van der Waals surface area contributed by atoms with Crippen molar-refractivity contribution in [1.29, 1.82) is 0 Å². The molecule has 1 aliphatic heterocycles. The van der Waals surface area contributed by atoms with Crippen LogP contribution in [0.15, 0.2) is 18.5 Å². The van der Waals surface area contributed by atoms with Gasteiger partial charge in [0.1, 0.15) is 0 Å². The fourth-order valence-electron chi connectivity index (χ4n) is 2.22. The topological polar surface area (TPSA) is 58.1 Å². The van der Waals surface area contributed by atoms with Crippen molar-refractivity contribution in [3.05, 3.63) is 18.5 Å². The normalized spacial score (nSPS) is 19.6. The van der Waals surface area contributed by atoms with Crippen LogP contribution in [0, 0.1) is 5.92 Å². The zero-order chi connectivity index (χ0) is 12.8. The number of carbonyl (C=O) groups is 1. The zero-order valence-electron chi connectivity index (χ0n) is 10.8. The molecular weight excluding hydrogens is 228 g/mol. The highest BCUT2D eigenvalue weighted by atomic mass is 16.1. The summed E-state index contributed by atoms with van der Waals surface area (Å²) in [5, 5.41) is 2.97. The van der Waals surface area contributed by atoms with Crippen LogP contribution < -0.4 is 10.2 Å². The molecule has 1 aromatic heterocycles. The molecule has 0 saturated carbocycles. The fourth-order valence-corrected chi connectivity index (χ4v) is 2.22. The molecule has 2 heterocycles. The van der Waals surface area contributed by atoms with Crippen molar-refractivity contribution in [2.75, 3.05) is 24.5 Å². The van der Waals surface area contributed by atoms with Gasteiger partial charge in [0.15, 0.2) is 0 Å². The van der Waals surface area contributed by atoms with Crippen molar-refractivity contribution in [3.8, 4) is 0 Å². The van der Waals surface area contributed by atoms with Crippen molar-refractivity contribution in [3.63, 3.8) is 0 Å². The molecule has 0 radical (unpaired) electrons. The standard InChI is InChI=1S/C13H20N4O/c1-2-6-14-12(18)11-5-3-9-17(10-11)13-15-7-4-8-16-13/h4,7-8,11H,2-3,5-6,9-10H2,1H3,(H,14,18). The molecule has 0 aromatic carbocycles. The first kappa shape index (κ1) is 12.8. The smallest absolute Gasteiger partial charge is 0.225 e. The lowest BCUT2D eigenvalue weighted by atomic mass is 9.97. The Morgan fingerprint density at radius 3 is 3.00 bits per heavy atom. The second-order valence-electron chi connectivity index (χ2n) is 4.62. The molecule has 2 rings (SSSR count). The Balaban J connectivity index is 1.94. The van der Waals surface area contributed by atoms with Gasteiger partial charge in [-0.15, -0.1) is 0 Å². The highest BCUT2D eigenvalue weighted by Crippen LogP contribution is 2.19. The van der Waals surface area contributed by atoms with Crippen molar-refractivity contribution in [2.45, 2.75) is 26.2 Å². The van der Waals surface area contributed by atoms with Crippen LogP contribution in [-0.4, -0.2) is 35.5 Å². The van der Waals surface area contributed by atoms with Gasteiger partial charge in [0.25, 0.3) is 0 Å². The van der Waals surface area contributed by atoms with E-state index in [4.69, 9.17) is 0 Å². The molecule has 5 heteroatoms. The molecule has 1 fully saturated rings. The minimum atomic E-state index is 0.0640. The molecule has 1 N–H and O–H groups in total. The minimum absolute atomic E-state index is 0.0640. The quantitative estimate of drug-likeness (QED) is 0.870. The van der Waals surface area contributed by atoms with E-state index in [-0.39, 0.29) is 11.8 Å². The van der Waals surface area contributed by atoms with Crippen LogP contribution in [0.25, 0.3) is 0 Å². The average Bonchev–Trinajstić information content (AvgIpc) is 2.46. The molecule has 1 atom stereocenters. The Bertz CT molecular complexity index is 382. The number of hydrogen-bond acceptors (Lipinski definition) is 4. The minimum Gasteiger partial charge on any atom is -0.356 e. The number of piperidine rings is 1. The second-order valence-corrected chi connectivity index (χ2v) is 4.62. The van der Waals surface area contributed by atoms with Crippen LogP contribution >= 0.6 is 0 Å². The van der Waals surface area contributed by atoms with E-state index in [0.29, 0.717) is 0 Å². The molecule has 1 aromatic rings. The first-order valence-corrected chi connectivity index (χ1v) is 6.61. The van der Waals surface area contributed by atoms with E-state index in [2.05, 4.69) is 27.1 Å². The van der Waals surface area contributed by atoms with E-state index in [1.807, 2.05) is 0 Å². The largest absolute Gasteiger partial charge is 0.356 e. The molecule has 18 heavy (non-hydrogen) atoms. The highest BCUT2D eigenvalue weighted by molar-refractivity contribution is 5.79. The lowest BCUT2D eigenvalue weighted by Crippen LogP contribution is -2.43. The Kier molecular flexibility index (Phi) is 4.50. The van der Waals surface area contributed by atoms with Crippen LogP contribution in [0.1, 0.15) is 26.2 Å². The van der Waals surface area contributed by atoms with E-state index in [0.717, 1.165) is 44.8 Å². The monoisotopic (exact) mass is 248 g/mol. The summed E-state index contributed by atoms with van der Waals surface area (Å²) in [6.45, 7) is 4.48. The van der Waals surface area contributed by atoms with Crippen LogP contribution in [0.3, 0.4) is 0 Å². The molecule has 0 spiro atoms. The summed E-state index contributed by atoms with van der Waals surface area (Å²) in [5.74, 6) is 0.956. The number of nitrogens with zero attached hydrogens (tertiary/aromatic N) is 3. The Morgan fingerprint density at radius 1 is 1.50 bits per heavy atom. The van der Waals surface area contributed by atoms with E-state index in [1.165, 1.54) is 0 Å². The van der Waals surface area contributed by atoms with Crippen molar-refractivity contribution in [2.24, 2.45) is 5.92 Å². The first-order chi connectivity index (χ1) is 8.81. The highest BCUT2D eigenvalue weighted by Gasteiger charge is 2.26. The summed E-state index contributed by atoms with van der Waals surface area (Å²) in [6.07, 6.45) is 6.43. The molecule has 1 amide bonds. The van der Waals surface area contributed by atoms with Gasteiger partial charge in [0, 0.05) is 32.0 Å². The van der Waals surface area contributed by atoms with Gasteiger partial charge in [-0.1, -0.05) is 6.92 Å². The fraction of sp³-hybridized carbons (Fsp3) is 0.615. The third-order valence-corrected chi connectivity index (χ3v) is 3.18. The molecule has 1 aliphatic rings. The van der Waals surface area contributed by atoms with Crippen molar-refractivity contribution >= 4 is 11.9 Å². The third-order valence-electron chi connectivity index (χ3n) is 3.18. The van der Waals surface area contributed by atoms with Gasteiger partial charge >= 0.3 is 0 Å². The Hall–Kier alpha value is -1.65. The van der Waals surface area contributed by atoms with Gasteiger partial charge in [-0.3, -0.25) is 4.79 Å². The van der Waals surface area contributed by atoms with Crippen LogP contribution in [-0.2, 0) is 4.79 Å². The summed E-state index contributed by atoms with van der Waals surface area (Å²) in [7, 11) is 0. The average molecular weight is 248 g/mol. The summed E-state index contributed by atoms with van der Waals surface area (Å²) >= 11 is 0. The van der Waals surface area contributed by atoms with E-state index >= 15 is 0 Å². The predicted octanol–water partition coefficient (Wildman–Crippen LogP) is 1.22. The molecule has 0 aliphatic carbocycles. The third kappa shape index (κ3) is 3.18. The number of carbonyl (C=O) groups excluding carboxylic acids is 1. The van der Waals surface area contributed by atoms with Gasteiger partial charge in [-0.05, 0) is 25.3 Å². The summed E-state index contributed by atoms with van der Waals surface area (Å²) in [4.78, 5) is 22.5. The van der Waals surface area contributed by atoms with E-state index in [1.54, 1.807) is 18.5 Å². The van der Waals surface area contributed by atoms with Gasteiger partial charge in [-0.2, -0.15) is 0 Å². The summed E-state index contributed by atoms with van der Waals surface area (Å²) < 4.78 is 0. The van der Waals surface area contributed by atoms with Gasteiger partial charge in [0.2, 0.25) is 11.9 Å².